The summed E-state index contributed by atoms with van der Waals surface area (Å²) in [7, 11) is 0. The lowest BCUT2D eigenvalue weighted by Crippen LogP contribution is -2.31. The molecular formula is C18H16O2. The molecule has 1 N–H and O–H groups in total. The second-order valence-electron chi connectivity index (χ2n) is 6.06. The van der Waals surface area contributed by atoms with Crippen molar-refractivity contribution in [1.29, 1.82) is 0 Å². The Balaban J connectivity index is 1.79. The molecule has 5 rings (SSSR count). The van der Waals surface area contributed by atoms with Crippen LogP contribution in [0.4, 0.5) is 0 Å². The summed E-state index contributed by atoms with van der Waals surface area (Å²) in [4.78, 5) is 0. The average Bonchev–Trinajstić information content (AvgIpc) is 3.11. The van der Waals surface area contributed by atoms with Crippen LogP contribution in [-0.2, 0) is 10.3 Å². The molecule has 0 radical (unpaired) electrons. The van der Waals surface area contributed by atoms with E-state index in [9.17, 15) is 5.11 Å². The van der Waals surface area contributed by atoms with Crippen LogP contribution in [0.2, 0.25) is 0 Å². The number of benzene rings is 2. The number of fused-ring (bicyclic) bond motifs is 7. The van der Waals surface area contributed by atoms with Crippen LogP contribution >= 0.6 is 0 Å². The molecule has 20 heavy (non-hydrogen) atoms. The van der Waals surface area contributed by atoms with Gasteiger partial charge in [0, 0.05) is 5.92 Å². The SMILES string of the molecule is OCCOC12c3ccccc3[C@H]3C1[C@@H]3c1ccccc12. The topological polar surface area (TPSA) is 29.5 Å². The molecule has 0 aliphatic heterocycles. The van der Waals surface area contributed by atoms with E-state index in [0.29, 0.717) is 24.4 Å². The highest BCUT2D eigenvalue weighted by molar-refractivity contribution is 5.66. The van der Waals surface area contributed by atoms with Gasteiger partial charge in [-0.15, -0.1) is 0 Å². The number of ether oxygens (including phenoxy) is 1. The molecule has 1 fully saturated rings. The second kappa shape index (κ2) is 3.51. The van der Waals surface area contributed by atoms with Gasteiger partial charge in [0.1, 0.15) is 5.60 Å². The van der Waals surface area contributed by atoms with Gasteiger partial charge in [0.05, 0.1) is 13.2 Å². The van der Waals surface area contributed by atoms with Crippen LogP contribution in [0.5, 0.6) is 0 Å². The fourth-order valence-electron chi connectivity index (χ4n) is 4.80. The molecular weight excluding hydrogens is 248 g/mol. The highest BCUT2D eigenvalue weighted by Crippen LogP contribution is 2.80. The van der Waals surface area contributed by atoms with E-state index in [2.05, 4.69) is 48.5 Å². The molecule has 2 heteroatoms. The molecule has 2 aromatic carbocycles. The molecule has 0 unspecified atom stereocenters. The van der Waals surface area contributed by atoms with Crippen molar-refractivity contribution < 1.29 is 9.84 Å². The molecule has 1 saturated carbocycles. The van der Waals surface area contributed by atoms with Gasteiger partial charge in [-0.2, -0.15) is 0 Å². The molecule has 100 valence electrons. The highest BCUT2D eigenvalue weighted by Gasteiger charge is 2.74. The molecule has 0 spiro atoms. The van der Waals surface area contributed by atoms with Crippen molar-refractivity contribution in [2.75, 3.05) is 13.2 Å². The molecule has 3 aliphatic carbocycles. The smallest absolute Gasteiger partial charge is 0.123 e. The van der Waals surface area contributed by atoms with Crippen LogP contribution < -0.4 is 0 Å². The molecule has 0 saturated heterocycles. The summed E-state index contributed by atoms with van der Waals surface area (Å²) < 4.78 is 6.29. The van der Waals surface area contributed by atoms with E-state index in [1.807, 2.05) is 0 Å². The normalized spacial score (nSPS) is 34.5. The summed E-state index contributed by atoms with van der Waals surface area (Å²) in [5.74, 6) is 1.79. The third-order valence-electron chi connectivity index (χ3n) is 5.35. The Morgan fingerprint density at radius 3 is 2.00 bits per heavy atom. The zero-order valence-electron chi connectivity index (χ0n) is 11.1. The molecule has 0 aromatic heterocycles. The van der Waals surface area contributed by atoms with Crippen molar-refractivity contribution in [3.8, 4) is 0 Å². The molecule has 2 aromatic rings. The first-order valence-electron chi connectivity index (χ1n) is 7.33. The number of aliphatic hydroxyl groups excluding tert-OH is 1. The minimum atomic E-state index is -0.300. The quantitative estimate of drug-likeness (QED) is 0.923. The van der Waals surface area contributed by atoms with Crippen molar-refractivity contribution in [2.24, 2.45) is 5.92 Å². The van der Waals surface area contributed by atoms with E-state index >= 15 is 0 Å². The number of hydrogen-bond donors (Lipinski definition) is 1. The van der Waals surface area contributed by atoms with E-state index in [-0.39, 0.29) is 12.2 Å². The first-order chi connectivity index (χ1) is 9.89. The molecule has 3 aliphatic rings. The maximum atomic E-state index is 9.22. The molecule has 0 amide bonds. The molecule has 2 atom stereocenters. The summed E-state index contributed by atoms with van der Waals surface area (Å²) in [5, 5.41) is 9.22. The van der Waals surface area contributed by atoms with Crippen molar-refractivity contribution >= 4 is 0 Å². The van der Waals surface area contributed by atoms with Gasteiger partial charge in [-0.05, 0) is 34.1 Å². The zero-order valence-corrected chi connectivity index (χ0v) is 11.1. The average molecular weight is 264 g/mol. The Morgan fingerprint density at radius 1 is 0.900 bits per heavy atom. The summed E-state index contributed by atoms with van der Waals surface area (Å²) in [5.41, 5.74) is 5.26. The lowest BCUT2D eigenvalue weighted by Gasteiger charge is -2.31. The maximum Gasteiger partial charge on any atom is 0.123 e. The van der Waals surface area contributed by atoms with E-state index in [4.69, 9.17) is 4.74 Å². The van der Waals surface area contributed by atoms with Crippen LogP contribution in [0, 0.1) is 5.92 Å². The minimum Gasteiger partial charge on any atom is -0.394 e. The lowest BCUT2D eigenvalue weighted by molar-refractivity contribution is -0.0415. The first-order valence-corrected chi connectivity index (χ1v) is 7.33. The van der Waals surface area contributed by atoms with Gasteiger partial charge in [-0.3, -0.25) is 0 Å². The zero-order chi connectivity index (χ0) is 13.3. The molecule has 0 bridgehead atoms. The Labute approximate surface area is 118 Å². The minimum absolute atomic E-state index is 0.0775. The largest absolute Gasteiger partial charge is 0.394 e. The number of hydrogen-bond acceptors (Lipinski definition) is 2. The predicted octanol–water partition coefficient (Wildman–Crippen LogP) is 2.76. The van der Waals surface area contributed by atoms with Gasteiger partial charge in [-0.25, -0.2) is 0 Å². The van der Waals surface area contributed by atoms with Crippen molar-refractivity contribution in [2.45, 2.75) is 17.4 Å². The monoisotopic (exact) mass is 264 g/mol. The molecule has 0 heterocycles. The first kappa shape index (κ1) is 11.1. The third kappa shape index (κ3) is 1.03. The van der Waals surface area contributed by atoms with E-state index in [0.717, 1.165) is 0 Å². The van der Waals surface area contributed by atoms with Gasteiger partial charge in [-0.1, -0.05) is 48.5 Å². The van der Waals surface area contributed by atoms with Gasteiger partial charge >= 0.3 is 0 Å². The molecule has 2 nitrogen and oxygen atoms in total. The Kier molecular flexibility index (Phi) is 1.94. The Morgan fingerprint density at radius 2 is 1.45 bits per heavy atom. The Hall–Kier alpha value is -1.64. The summed E-state index contributed by atoms with van der Waals surface area (Å²) in [6, 6.07) is 17.4. The van der Waals surface area contributed by atoms with E-state index < -0.39 is 0 Å². The maximum absolute atomic E-state index is 9.22. The van der Waals surface area contributed by atoms with Crippen LogP contribution in [0.15, 0.2) is 48.5 Å². The van der Waals surface area contributed by atoms with Crippen LogP contribution in [0.3, 0.4) is 0 Å². The Bertz CT molecular complexity index is 653. The van der Waals surface area contributed by atoms with Gasteiger partial charge in [0.2, 0.25) is 0 Å². The summed E-state index contributed by atoms with van der Waals surface area (Å²) >= 11 is 0. The van der Waals surface area contributed by atoms with Crippen LogP contribution in [0.25, 0.3) is 0 Å². The van der Waals surface area contributed by atoms with Gasteiger partial charge < -0.3 is 9.84 Å². The fourth-order valence-corrected chi connectivity index (χ4v) is 4.80. The van der Waals surface area contributed by atoms with E-state index in [1.165, 1.54) is 22.3 Å². The van der Waals surface area contributed by atoms with Crippen LogP contribution in [-0.4, -0.2) is 18.3 Å². The standard InChI is InChI=1S/C18H16O2/c19-9-10-20-18-13-7-3-1-5-11(13)15-16(17(15)18)12-6-2-4-8-14(12)18/h1-8,15-17,19H,9-10H2/t15-,16-,17?,18?/m1/s1. The van der Waals surface area contributed by atoms with Crippen molar-refractivity contribution in [1.82, 2.24) is 0 Å². The predicted molar refractivity (Wildman–Crippen MR) is 75.7 cm³/mol. The van der Waals surface area contributed by atoms with Crippen molar-refractivity contribution in [3.05, 3.63) is 70.8 Å². The second-order valence-corrected chi connectivity index (χ2v) is 6.06. The van der Waals surface area contributed by atoms with Crippen molar-refractivity contribution in [3.63, 3.8) is 0 Å². The van der Waals surface area contributed by atoms with Crippen LogP contribution in [0.1, 0.15) is 34.1 Å². The third-order valence-corrected chi connectivity index (χ3v) is 5.35. The summed E-state index contributed by atoms with van der Waals surface area (Å²) in [6.45, 7) is 0.479. The number of aliphatic hydroxyl groups is 1. The lowest BCUT2D eigenvalue weighted by atomic mass is 9.87. The van der Waals surface area contributed by atoms with E-state index in [1.54, 1.807) is 0 Å². The van der Waals surface area contributed by atoms with Gasteiger partial charge in [0.15, 0.2) is 0 Å². The number of rotatable bonds is 3. The highest BCUT2D eigenvalue weighted by atomic mass is 16.5. The summed E-state index contributed by atoms with van der Waals surface area (Å²) in [6.07, 6.45) is 0. The fraction of sp³-hybridized carbons (Fsp3) is 0.333. The van der Waals surface area contributed by atoms with Gasteiger partial charge in [0.25, 0.3) is 0 Å².